The smallest absolute Gasteiger partial charge is 0.330 e. The van der Waals surface area contributed by atoms with E-state index >= 15 is 0 Å². The number of carbonyl (C=O) groups is 2. The number of hydrogen-bond donors (Lipinski definition) is 1. The van der Waals surface area contributed by atoms with Crippen LogP contribution in [0.5, 0.6) is 0 Å². The molecule has 11 heteroatoms. The van der Waals surface area contributed by atoms with Gasteiger partial charge in [0.15, 0.2) is 6.29 Å². The Morgan fingerprint density at radius 2 is 1.93 bits per heavy atom. The molecule has 3 atom stereocenters. The fraction of sp³-hybridized carbons (Fsp3) is 0.625. The van der Waals surface area contributed by atoms with E-state index in [2.05, 4.69) is 4.98 Å². The van der Waals surface area contributed by atoms with E-state index in [1.807, 2.05) is 0 Å². The van der Waals surface area contributed by atoms with Gasteiger partial charge >= 0.3 is 17.6 Å². The van der Waals surface area contributed by atoms with Crippen molar-refractivity contribution >= 4 is 11.9 Å². The van der Waals surface area contributed by atoms with Gasteiger partial charge in [0, 0.05) is 26.5 Å². The highest BCUT2D eigenvalue weighted by atomic mass is 16.7. The fourth-order valence-electron chi connectivity index (χ4n) is 2.98. The van der Waals surface area contributed by atoms with E-state index in [0.717, 1.165) is 0 Å². The molecule has 2 fully saturated rings. The summed E-state index contributed by atoms with van der Waals surface area (Å²) in [6.07, 6.45) is -1.72. The summed E-state index contributed by atoms with van der Waals surface area (Å²) in [5.41, 5.74) is -1.18. The first-order chi connectivity index (χ1) is 12.8. The van der Waals surface area contributed by atoms with Crippen LogP contribution in [0.1, 0.15) is 38.3 Å². The predicted octanol–water partition coefficient (Wildman–Crippen LogP) is -0.636. The van der Waals surface area contributed by atoms with E-state index < -0.39 is 47.9 Å². The van der Waals surface area contributed by atoms with Crippen LogP contribution in [-0.4, -0.2) is 53.5 Å². The SMILES string of the molecule is CC(=O)OC[C@H]1O[C@@H](n2cc(C3OCCO3)c(=O)[nH]c2=O)C[C@@H]1OC(C)=O. The molecule has 1 N–H and O–H groups in total. The lowest BCUT2D eigenvalue weighted by Crippen LogP contribution is -2.35. The van der Waals surface area contributed by atoms with Crippen molar-refractivity contribution in [3.8, 4) is 0 Å². The molecular weight excluding hydrogens is 364 g/mol. The van der Waals surface area contributed by atoms with Crippen LogP contribution in [0.2, 0.25) is 0 Å². The Bertz CT molecular complexity index is 824. The highest BCUT2D eigenvalue weighted by molar-refractivity contribution is 5.66. The minimum absolute atomic E-state index is 0.128. The average Bonchev–Trinajstić information content (AvgIpc) is 3.22. The van der Waals surface area contributed by atoms with Crippen molar-refractivity contribution in [2.75, 3.05) is 19.8 Å². The number of esters is 2. The Balaban J connectivity index is 1.85. The molecule has 3 rings (SSSR count). The maximum atomic E-state index is 12.2. The van der Waals surface area contributed by atoms with Gasteiger partial charge in [-0.05, 0) is 0 Å². The van der Waals surface area contributed by atoms with Gasteiger partial charge in [-0.15, -0.1) is 0 Å². The van der Waals surface area contributed by atoms with Crippen LogP contribution < -0.4 is 11.2 Å². The average molecular weight is 384 g/mol. The van der Waals surface area contributed by atoms with Crippen molar-refractivity contribution in [3.05, 3.63) is 32.6 Å². The molecule has 0 radical (unpaired) electrons. The number of ether oxygens (including phenoxy) is 5. The number of hydrogen-bond acceptors (Lipinski definition) is 9. The molecule has 3 heterocycles. The summed E-state index contributed by atoms with van der Waals surface area (Å²) >= 11 is 0. The maximum Gasteiger partial charge on any atom is 0.330 e. The zero-order valence-electron chi connectivity index (χ0n) is 14.8. The minimum Gasteiger partial charge on any atom is -0.463 e. The van der Waals surface area contributed by atoms with Gasteiger partial charge < -0.3 is 23.7 Å². The normalized spacial score (nSPS) is 25.5. The standard InChI is InChI=1S/C16H20N2O9/c1-8(19)25-7-12-11(26-9(2)20)5-13(27-12)18-6-10(14(21)17-16(18)22)15-23-3-4-24-15/h6,11-13,15H,3-5,7H2,1-2H3,(H,17,21,22)/t11-,12+,13+/m0/s1. The lowest BCUT2D eigenvalue weighted by Gasteiger charge is -2.18. The first-order valence-corrected chi connectivity index (χ1v) is 8.39. The van der Waals surface area contributed by atoms with Crippen molar-refractivity contribution in [2.24, 2.45) is 0 Å². The first kappa shape index (κ1) is 19.3. The van der Waals surface area contributed by atoms with Crippen LogP contribution in [0.4, 0.5) is 0 Å². The Morgan fingerprint density at radius 3 is 2.56 bits per heavy atom. The van der Waals surface area contributed by atoms with E-state index in [4.69, 9.17) is 23.7 Å². The molecule has 0 aromatic carbocycles. The Morgan fingerprint density at radius 1 is 1.22 bits per heavy atom. The molecule has 0 aliphatic carbocycles. The predicted molar refractivity (Wildman–Crippen MR) is 86.7 cm³/mol. The molecule has 0 unspecified atom stereocenters. The van der Waals surface area contributed by atoms with Gasteiger partial charge in [-0.3, -0.25) is 23.9 Å². The van der Waals surface area contributed by atoms with Crippen LogP contribution in [0.3, 0.4) is 0 Å². The molecule has 2 saturated heterocycles. The van der Waals surface area contributed by atoms with E-state index in [-0.39, 0.29) is 18.6 Å². The Kier molecular flexibility index (Phi) is 5.73. The van der Waals surface area contributed by atoms with Crippen molar-refractivity contribution < 1.29 is 33.3 Å². The number of nitrogens with one attached hydrogen (secondary N) is 1. The van der Waals surface area contributed by atoms with Crippen LogP contribution >= 0.6 is 0 Å². The molecule has 1 aromatic heterocycles. The van der Waals surface area contributed by atoms with Gasteiger partial charge in [-0.1, -0.05) is 0 Å². The van der Waals surface area contributed by atoms with Gasteiger partial charge in [0.1, 0.15) is 25.0 Å². The molecule has 0 saturated carbocycles. The number of aromatic amines is 1. The summed E-state index contributed by atoms with van der Waals surface area (Å²) < 4.78 is 27.7. The number of aromatic nitrogens is 2. The van der Waals surface area contributed by atoms with E-state index in [1.165, 1.54) is 24.6 Å². The van der Waals surface area contributed by atoms with Gasteiger partial charge in [-0.2, -0.15) is 0 Å². The molecule has 2 aliphatic rings. The number of H-pyrrole nitrogens is 1. The maximum absolute atomic E-state index is 12.2. The molecule has 148 valence electrons. The van der Waals surface area contributed by atoms with Gasteiger partial charge in [-0.25, -0.2) is 4.79 Å². The van der Waals surface area contributed by atoms with Crippen LogP contribution in [-0.2, 0) is 33.3 Å². The van der Waals surface area contributed by atoms with Crippen LogP contribution in [0.15, 0.2) is 15.8 Å². The Labute approximate surface area is 153 Å². The van der Waals surface area contributed by atoms with Crippen molar-refractivity contribution in [3.63, 3.8) is 0 Å². The van der Waals surface area contributed by atoms with Crippen LogP contribution in [0, 0.1) is 0 Å². The monoisotopic (exact) mass is 384 g/mol. The molecular formula is C16H20N2O9. The van der Waals surface area contributed by atoms with E-state index in [9.17, 15) is 19.2 Å². The van der Waals surface area contributed by atoms with Gasteiger partial charge in [0.05, 0.1) is 18.8 Å². The molecule has 1 aromatic rings. The fourth-order valence-corrected chi connectivity index (χ4v) is 2.98. The molecule has 0 spiro atoms. The summed E-state index contributed by atoms with van der Waals surface area (Å²) in [4.78, 5) is 48.9. The summed E-state index contributed by atoms with van der Waals surface area (Å²) in [7, 11) is 0. The van der Waals surface area contributed by atoms with Crippen LogP contribution in [0.25, 0.3) is 0 Å². The second-order valence-corrected chi connectivity index (χ2v) is 6.14. The summed E-state index contributed by atoms with van der Waals surface area (Å²) in [6.45, 7) is 3.02. The zero-order chi connectivity index (χ0) is 19.6. The van der Waals surface area contributed by atoms with E-state index in [1.54, 1.807) is 0 Å². The first-order valence-electron chi connectivity index (χ1n) is 8.39. The third kappa shape index (κ3) is 4.43. The molecule has 11 nitrogen and oxygen atoms in total. The molecule has 27 heavy (non-hydrogen) atoms. The van der Waals surface area contributed by atoms with Gasteiger partial charge in [0.2, 0.25) is 0 Å². The number of nitrogens with zero attached hydrogens (tertiary/aromatic N) is 1. The topological polar surface area (TPSA) is 135 Å². The summed E-state index contributed by atoms with van der Waals surface area (Å²) in [5.74, 6) is -1.04. The third-order valence-corrected chi connectivity index (χ3v) is 4.13. The van der Waals surface area contributed by atoms with Crippen molar-refractivity contribution in [1.82, 2.24) is 9.55 Å². The third-order valence-electron chi connectivity index (χ3n) is 4.13. The molecule has 0 bridgehead atoms. The van der Waals surface area contributed by atoms with Crippen molar-refractivity contribution in [2.45, 2.75) is 45.0 Å². The highest BCUT2D eigenvalue weighted by Gasteiger charge is 2.40. The minimum atomic E-state index is -0.872. The van der Waals surface area contributed by atoms with Gasteiger partial charge in [0.25, 0.3) is 5.56 Å². The number of carbonyl (C=O) groups excluding carboxylic acids is 2. The summed E-state index contributed by atoms with van der Waals surface area (Å²) in [6, 6.07) is 0. The Hall–Kier alpha value is -2.50. The quantitative estimate of drug-likeness (QED) is 0.658. The zero-order valence-corrected chi connectivity index (χ0v) is 14.8. The largest absolute Gasteiger partial charge is 0.463 e. The van der Waals surface area contributed by atoms with E-state index in [0.29, 0.717) is 13.2 Å². The lowest BCUT2D eigenvalue weighted by molar-refractivity contribution is -0.155. The van der Waals surface area contributed by atoms with Crippen molar-refractivity contribution in [1.29, 1.82) is 0 Å². The second-order valence-electron chi connectivity index (χ2n) is 6.14. The second kappa shape index (κ2) is 8.03. The lowest BCUT2D eigenvalue weighted by atomic mass is 10.2. The highest BCUT2D eigenvalue weighted by Crippen LogP contribution is 2.31. The molecule has 2 aliphatic heterocycles. The molecule has 0 amide bonds. The number of rotatable bonds is 5. The summed E-state index contributed by atoms with van der Waals surface area (Å²) in [5, 5.41) is 0.